The van der Waals surface area contributed by atoms with Gasteiger partial charge in [0.15, 0.2) is 0 Å². The molecule has 1 aliphatic heterocycles. The first-order valence-corrected chi connectivity index (χ1v) is 4.92. The van der Waals surface area contributed by atoms with Crippen molar-refractivity contribution in [3.8, 4) is 0 Å². The Morgan fingerprint density at radius 1 is 1.73 bits per heavy atom. The number of aliphatic hydroxyl groups is 1. The molecule has 1 rings (SSSR count). The van der Waals surface area contributed by atoms with Crippen LogP contribution in [0.4, 0.5) is 0 Å². The molecule has 15 heavy (non-hydrogen) atoms. The van der Waals surface area contributed by atoms with Gasteiger partial charge in [0, 0.05) is 6.54 Å². The lowest BCUT2D eigenvalue weighted by molar-refractivity contribution is -0.188. The van der Waals surface area contributed by atoms with Gasteiger partial charge in [0.1, 0.15) is 6.04 Å². The summed E-state index contributed by atoms with van der Waals surface area (Å²) in [6.07, 6.45) is -0.611. The third kappa shape index (κ3) is 3.75. The molecule has 0 aromatic heterocycles. The van der Waals surface area contributed by atoms with Crippen molar-refractivity contribution in [1.29, 1.82) is 0 Å². The molecule has 0 aliphatic carbocycles. The van der Waals surface area contributed by atoms with Gasteiger partial charge in [-0.25, -0.2) is 0 Å². The molecule has 1 saturated heterocycles. The molecular formula is C9H18N2O4. The molecule has 88 valence electrons. The molecule has 4 N–H and O–H groups in total. The Bertz CT molecular complexity index is 221. The van der Waals surface area contributed by atoms with Gasteiger partial charge in [0.2, 0.25) is 6.29 Å². The van der Waals surface area contributed by atoms with Crippen molar-refractivity contribution in [2.45, 2.75) is 31.8 Å². The summed E-state index contributed by atoms with van der Waals surface area (Å²) in [5.74, 6) is -0.656. The number of nitrogens with one attached hydrogen (secondary N) is 1. The molecule has 2 atom stereocenters. The first-order valence-electron chi connectivity index (χ1n) is 4.92. The highest BCUT2D eigenvalue weighted by Gasteiger charge is 2.33. The molecule has 0 saturated carbocycles. The molecule has 1 unspecified atom stereocenters. The van der Waals surface area contributed by atoms with Gasteiger partial charge in [-0.15, -0.1) is 0 Å². The molecule has 6 heteroatoms. The predicted molar refractivity (Wildman–Crippen MR) is 53.0 cm³/mol. The van der Waals surface area contributed by atoms with E-state index in [4.69, 9.17) is 15.2 Å². The fourth-order valence-corrected chi connectivity index (χ4v) is 1.11. The minimum atomic E-state index is -1.29. The number of ether oxygens (including phenoxy) is 2. The van der Waals surface area contributed by atoms with E-state index < -0.39 is 23.9 Å². The van der Waals surface area contributed by atoms with Crippen molar-refractivity contribution >= 4 is 5.97 Å². The summed E-state index contributed by atoms with van der Waals surface area (Å²) in [5, 5.41) is 12.5. The van der Waals surface area contributed by atoms with E-state index in [1.54, 1.807) is 0 Å². The van der Waals surface area contributed by atoms with E-state index in [1.807, 2.05) is 0 Å². The summed E-state index contributed by atoms with van der Waals surface area (Å²) in [5.41, 5.74) is 4.22. The van der Waals surface area contributed by atoms with Gasteiger partial charge in [-0.2, -0.15) is 0 Å². The summed E-state index contributed by atoms with van der Waals surface area (Å²) in [6, 6.07) is -1.07. The average molecular weight is 218 g/mol. The van der Waals surface area contributed by atoms with Crippen LogP contribution in [0.2, 0.25) is 0 Å². The zero-order valence-electron chi connectivity index (χ0n) is 9.03. The highest BCUT2D eigenvalue weighted by atomic mass is 16.7. The summed E-state index contributed by atoms with van der Waals surface area (Å²) in [6.45, 7) is 4.60. The monoisotopic (exact) mass is 218 g/mol. The van der Waals surface area contributed by atoms with E-state index in [2.05, 4.69) is 5.32 Å². The smallest absolute Gasteiger partial charge is 0.328 e. The lowest BCUT2D eigenvalue weighted by atomic mass is 10.0. The van der Waals surface area contributed by atoms with Crippen LogP contribution in [0, 0.1) is 0 Å². The lowest BCUT2D eigenvalue weighted by Crippen LogP contribution is -2.52. The maximum absolute atomic E-state index is 11.4. The third-order valence-electron chi connectivity index (χ3n) is 2.16. The number of nitrogens with two attached hydrogens (primary N) is 1. The van der Waals surface area contributed by atoms with Crippen LogP contribution in [0.3, 0.4) is 0 Å². The minimum Gasteiger partial charge on any atom is -0.433 e. The standard InChI is InChI=1S/C9H18N2O4/c1-9(2,13)7(10)8(12)15-6-5-11-3-4-14-6/h6-7,11,13H,3-5,10H2,1-2H3/t6?,7-/m1/s1. The SMILES string of the molecule is CC(C)(O)[C@H](N)C(=O)OC1CNCCO1. The van der Waals surface area contributed by atoms with Crippen LogP contribution in [0.5, 0.6) is 0 Å². The normalized spacial score (nSPS) is 24.7. The first kappa shape index (κ1) is 12.4. The molecule has 0 radical (unpaired) electrons. The topological polar surface area (TPSA) is 93.8 Å². The van der Waals surface area contributed by atoms with Crippen molar-refractivity contribution < 1.29 is 19.4 Å². The number of carbonyl (C=O) groups is 1. The van der Waals surface area contributed by atoms with Gasteiger partial charge in [-0.3, -0.25) is 4.79 Å². The second-order valence-corrected chi connectivity index (χ2v) is 4.07. The second kappa shape index (κ2) is 4.89. The number of rotatable bonds is 3. The predicted octanol–water partition coefficient (Wildman–Crippen LogP) is -1.43. The average Bonchev–Trinajstić information content (AvgIpc) is 2.16. The Labute approximate surface area is 88.7 Å². The number of esters is 1. The van der Waals surface area contributed by atoms with Gasteiger partial charge in [0.25, 0.3) is 0 Å². The van der Waals surface area contributed by atoms with E-state index in [9.17, 15) is 9.90 Å². The fraction of sp³-hybridized carbons (Fsp3) is 0.889. The Morgan fingerprint density at radius 3 is 2.87 bits per heavy atom. The zero-order chi connectivity index (χ0) is 11.5. The molecule has 6 nitrogen and oxygen atoms in total. The van der Waals surface area contributed by atoms with Crippen molar-refractivity contribution in [1.82, 2.24) is 5.32 Å². The van der Waals surface area contributed by atoms with Gasteiger partial charge < -0.3 is 25.6 Å². The molecule has 0 bridgehead atoms. The summed E-state index contributed by atoms with van der Waals surface area (Å²) in [4.78, 5) is 11.4. The van der Waals surface area contributed by atoms with E-state index in [0.29, 0.717) is 13.2 Å². The quantitative estimate of drug-likeness (QED) is 0.503. The molecule has 0 aromatic rings. The number of hydrogen-bond acceptors (Lipinski definition) is 6. The summed E-state index contributed by atoms with van der Waals surface area (Å²) >= 11 is 0. The largest absolute Gasteiger partial charge is 0.433 e. The minimum absolute atomic E-state index is 0.449. The number of morpholine rings is 1. The Morgan fingerprint density at radius 2 is 2.40 bits per heavy atom. The van der Waals surface area contributed by atoms with Crippen molar-refractivity contribution in [2.24, 2.45) is 5.73 Å². The van der Waals surface area contributed by atoms with Crippen LogP contribution < -0.4 is 11.1 Å². The summed E-state index contributed by atoms with van der Waals surface area (Å²) < 4.78 is 10.1. The van der Waals surface area contributed by atoms with Crippen LogP contribution in [0.25, 0.3) is 0 Å². The van der Waals surface area contributed by atoms with Crippen LogP contribution in [-0.2, 0) is 14.3 Å². The highest BCUT2D eigenvalue weighted by Crippen LogP contribution is 2.09. The highest BCUT2D eigenvalue weighted by molar-refractivity contribution is 5.77. The van der Waals surface area contributed by atoms with Crippen molar-refractivity contribution in [3.63, 3.8) is 0 Å². The summed E-state index contributed by atoms with van der Waals surface area (Å²) in [7, 11) is 0. The second-order valence-electron chi connectivity index (χ2n) is 4.07. The maximum Gasteiger partial charge on any atom is 0.328 e. The van der Waals surface area contributed by atoms with E-state index in [1.165, 1.54) is 13.8 Å². The molecule has 1 aliphatic rings. The maximum atomic E-state index is 11.4. The van der Waals surface area contributed by atoms with Gasteiger partial charge >= 0.3 is 5.97 Å². The Kier molecular flexibility index (Phi) is 4.04. The molecule has 1 heterocycles. The van der Waals surface area contributed by atoms with E-state index in [0.717, 1.165) is 6.54 Å². The number of hydrogen-bond donors (Lipinski definition) is 3. The Balaban J connectivity index is 2.40. The zero-order valence-corrected chi connectivity index (χ0v) is 9.03. The van der Waals surface area contributed by atoms with E-state index >= 15 is 0 Å². The molecule has 0 amide bonds. The Hall–Kier alpha value is -0.690. The molecular weight excluding hydrogens is 200 g/mol. The van der Waals surface area contributed by atoms with E-state index in [-0.39, 0.29) is 0 Å². The fourth-order valence-electron chi connectivity index (χ4n) is 1.11. The molecule has 0 spiro atoms. The van der Waals surface area contributed by atoms with Crippen LogP contribution in [0.15, 0.2) is 0 Å². The number of carbonyl (C=O) groups excluding carboxylic acids is 1. The van der Waals surface area contributed by atoms with Crippen LogP contribution >= 0.6 is 0 Å². The van der Waals surface area contributed by atoms with Crippen molar-refractivity contribution in [3.05, 3.63) is 0 Å². The van der Waals surface area contributed by atoms with Gasteiger partial charge in [-0.05, 0) is 13.8 Å². The van der Waals surface area contributed by atoms with Crippen molar-refractivity contribution in [2.75, 3.05) is 19.7 Å². The van der Waals surface area contributed by atoms with Gasteiger partial charge in [0.05, 0.1) is 18.8 Å². The third-order valence-corrected chi connectivity index (χ3v) is 2.16. The van der Waals surface area contributed by atoms with Crippen LogP contribution in [0.1, 0.15) is 13.8 Å². The molecule has 1 fully saturated rings. The lowest BCUT2D eigenvalue weighted by Gasteiger charge is -2.28. The first-order chi connectivity index (χ1) is 6.91. The molecule has 0 aromatic carbocycles. The van der Waals surface area contributed by atoms with Crippen LogP contribution in [-0.4, -0.2) is 48.7 Å². The van der Waals surface area contributed by atoms with Gasteiger partial charge in [-0.1, -0.05) is 0 Å².